The standard InChI is InChI=1S/C47H68O16/c1-10-11-12-13-14-17-40(51)61-43-32(25-42(53)57-9)24-35-26-37(29(2)48)60-39(50)18-15-16-34-27-38(58-30(3)49)45(6,7)46(54,62-34)28-36-22-31(23-41(52)56-8)21-33(59-36)19-20-44(4,5)47(43,55)63-35/h12-14,17,19-20,23,25,29,33-38,43,48,54-55H,10-11,15-16,18,21-22,24,26-28H2,1-9H3/b13-12+,17-14+,20-19+,31-23+,32-25+/t29-,33+,34-,35?,36+,37-,38+,43+,46+,47-/m1/s1. The fraction of sp³-hybridized carbons (Fsp3) is 0.681. The summed E-state index contributed by atoms with van der Waals surface area (Å²) in [6.07, 6.45) is 6.62. The number of allylic oxidation sites excluding steroid dienone is 3. The quantitative estimate of drug-likeness (QED) is 0.0878. The smallest absolute Gasteiger partial charge is 0.331 e. The van der Waals surface area contributed by atoms with Crippen LogP contribution in [0.15, 0.2) is 59.8 Å². The van der Waals surface area contributed by atoms with Crippen LogP contribution in [0.3, 0.4) is 0 Å². The maximum absolute atomic E-state index is 13.4. The van der Waals surface area contributed by atoms with Crippen LogP contribution in [-0.2, 0) is 61.9 Å². The van der Waals surface area contributed by atoms with Gasteiger partial charge in [-0.05, 0) is 51.0 Å². The Morgan fingerprint density at radius 1 is 0.905 bits per heavy atom. The molecule has 0 aliphatic carbocycles. The van der Waals surface area contributed by atoms with Crippen molar-refractivity contribution < 1.29 is 77.2 Å². The Bertz CT molecular complexity index is 1790. The van der Waals surface area contributed by atoms with Crippen LogP contribution in [0.1, 0.15) is 119 Å². The summed E-state index contributed by atoms with van der Waals surface area (Å²) in [5, 5.41) is 36.3. The third kappa shape index (κ3) is 13.4. The number of cyclic esters (lactones) is 1. The van der Waals surface area contributed by atoms with E-state index in [0.29, 0.717) is 5.57 Å². The second kappa shape index (κ2) is 22.1. The molecule has 0 amide bonds. The third-order valence-electron chi connectivity index (χ3n) is 12.4. The lowest BCUT2D eigenvalue weighted by Crippen LogP contribution is -2.62. The molecule has 4 aliphatic heterocycles. The van der Waals surface area contributed by atoms with Gasteiger partial charge < -0.3 is 53.2 Å². The molecule has 0 aromatic rings. The highest BCUT2D eigenvalue weighted by Gasteiger charge is 2.59. The van der Waals surface area contributed by atoms with Gasteiger partial charge in [-0.3, -0.25) is 9.59 Å². The van der Waals surface area contributed by atoms with Crippen LogP contribution in [0.4, 0.5) is 0 Å². The van der Waals surface area contributed by atoms with Crippen molar-refractivity contribution >= 4 is 29.8 Å². The number of ether oxygens (including phenoxy) is 8. The van der Waals surface area contributed by atoms with Gasteiger partial charge in [0.25, 0.3) is 0 Å². The summed E-state index contributed by atoms with van der Waals surface area (Å²) in [6.45, 7) is 11.5. The van der Waals surface area contributed by atoms with E-state index in [2.05, 4.69) is 0 Å². The molecule has 3 fully saturated rings. The summed E-state index contributed by atoms with van der Waals surface area (Å²) < 4.78 is 47.0. The number of aliphatic hydroxyl groups excluding tert-OH is 1. The van der Waals surface area contributed by atoms with Crippen LogP contribution >= 0.6 is 0 Å². The summed E-state index contributed by atoms with van der Waals surface area (Å²) in [5.41, 5.74) is -1.84. The topological polar surface area (TPSA) is 220 Å². The van der Waals surface area contributed by atoms with Crippen molar-refractivity contribution in [3.05, 3.63) is 59.8 Å². The Hall–Kier alpha value is -4.19. The van der Waals surface area contributed by atoms with Gasteiger partial charge in [-0.2, -0.15) is 0 Å². The molecule has 3 N–H and O–H groups in total. The zero-order chi connectivity index (χ0) is 46.8. The largest absolute Gasteiger partial charge is 0.466 e. The SMILES string of the molecule is CCC/C=C/C=C/C(=O)O[C@H]1/C(=C/C(=O)OC)CC2C[C@H]([C@@H](C)O)OC(=O)CCC[C@@H]3C[C@H](OC(C)=O)C(C)(C)[C@](O)(C[C@@H]4C/C(=C/C(=O)OC)C[C@H](/C=C/C(C)(C)[C@]1(O)O2)O4)O3. The first-order chi connectivity index (χ1) is 29.6. The van der Waals surface area contributed by atoms with E-state index >= 15 is 0 Å². The molecule has 4 aliphatic rings. The maximum Gasteiger partial charge on any atom is 0.331 e. The average Bonchev–Trinajstić information content (AvgIpc) is 3.19. The monoisotopic (exact) mass is 888 g/mol. The first kappa shape index (κ1) is 51.4. The zero-order valence-corrected chi connectivity index (χ0v) is 38.2. The van der Waals surface area contributed by atoms with Crippen LogP contribution in [0.25, 0.3) is 0 Å². The number of methoxy groups -OCH3 is 2. The predicted octanol–water partition coefficient (Wildman–Crippen LogP) is 5.31. The number of hydrogen-bond donors (Lipinski definition) is 3. The molecule has 6 bridgehead atoms. The van der Waals surface area contributed by atoms with Gasteiger partial charge in [0, 0.05) is 56.3 Å². The normalized spacial score (nSPS) is 35.0. The van der Waals surface area contributed by atoms with E-state index in [4.69, 9.17) is 37.9 Å². The average molecular weight is 889 g/mol. The maximum atomic E-state index is 13.4. The number of aliphatic hydroxyl groups is 3. The molecule has 0 aromatic heterocycles. The summed E-state index contributed by atoms with van der Waals surface area (Å²) in [6, 6.07) is 0. The van der Waals surface area contributed by atoms with Crippen molar-refractivity contribution in [2.24, 2.45) is 10.8 Å². The minimum Gasteiger partial charge on any atom is -0.466 e. The van der Waals surface area contributed by atoms with E-state index in [-0.39, 0.29) is 63.4 Å². The van der Waals surface area contributed by atoms with E-state index in [9.17, 15) is 39.3 Å². The number of rotatable bonds is 9. The number of fused-ring (bicyclic) bond motifs is 6. The first-order valence-corrected chi connectivity index (χ1v) is 21.9. The Balaban J connectivity index is 1.87. The molecule has 3 saturated heterocycles. The second-order valence-electron chi connectivity index (χ2n) is 18.1. The van der Waals surface area contributed by atoms with Crippen molar-refractivity contribution in [1.82, 2.24) is 0 Å². The molecule has 352 valence electrons. The molecule has 0 saturated carbocycles. The molecular weight excluding hydrogens is 821 g/mol. The highest BCUT2D eigenvalue weighted by molar-refractivity contribution is 5.85. The van der Waals surface area contributed by atoms with Crippen molar-refractivity contribution in [2.75, 3.05) is 14.2 Å². The fourth-order valence-electron chi connectivity index (χ4n) is 8.51. The molecule has 10 atom stereocenters. The molecule has 0 radical (unpaired) electrons. The number of carbonyl (C=O) groups excluding carboxylic acids is 5. The van der Waals surface area contributed by atoms with Gasteiger partial charge >= 0.3 is 29.8 Å². The van der Waals surface area contributed by atoms with Gasteiger partial charge in [-0.1, -0.05) is 77.0 Å². The van der Waals surface area contributed by atoms with Crippen LogP contribution in [0.5, 0.6) is 0 Å². The van der Waals surface area contributed by atoms with Gasteiger partial charge in [0.05, 0.1) is 50.2 Å². The van der Waals surface area contributed by atoms with Crippen molar-refractivity contribution in [2.45, 2.75) is 180 Å². The van der Waals surface area contributed by atoms with Crippen LogP contribution in [-0.4, -0.2) is 120 Å². The molecule has 16 heteroatoms. The van der Waals surface area contributed by atoms with Crippen molar-refractivity contribution in [3.8, 4) is 0 Å². The summed E-state index contributed by atoms with van der Waals surface area (Å²) in [7, 11) is 2.44. The van der Waals surface area contributed by atoms with E-state index < -0.39 is 101 Å². The van der Waals surface area contributed by atoms with Crippen LogP contribution in [0, 0.1) is 10.8 Å². The molecule has 16 nitrogen and oxygen atoms in total. The molecular formula is C47H68O16. The van der Waals surface area contributed by atoms with Gasteiger partial charge in [0.1, 0.15) is 12.2 Å². The first-order valence-electron chi connectivity index (χ1n) is 21.9. The van der Waals surface area contributed by atoms with E-state index in [0.717, 1.165) is 18.9 Å². The van der Waals surface area contributed by atoms with Gasteiger partial charge in [0.2, 0.25) is 5.79 Å². The number of carbonyl (C=O) groups is 5. The van der Waals surface area contributed by atoms with Gasteiger partial charge in [-0.15, -0.1) is 0 Å². The molecule has 4 rings (SSSR count). The van der Waals surface area contributed by atoms with E-state index in [1.807, 2.05) is 13.0 Å². The summed E-state index contributed by atoms with van der Waals surface area (Å²) >= 11 is 0. The van der Waals surface area contributed by atoms with E-state index in [1.54, 1.807) is 45.9 Å². The minimum atomic E-state index is -2.42. The van der Waals surface area contributed by atoms with E-state index in [1.165, 1.54) is 46.3 Å². The van der Waals surface area contributed by atoms with Crippen LogP contribution in [0.2, 0.25) is 0 Å². The fourth-order valence-corrected chi connectivity index (χ4v) is 8.51. The Morgan fingerprint density at radius 3 is 2.25 bits per heavy atom. The highest BCUT2D eigenvalue weighted by atomic mass is 16.7. The van der Waals surface area contributed by atoms with Crippen LogP contribution < -0.4 is 0 Å². The Labute approximate surface area is 370 Å². The molecule has 4 heterocycles. The predicted molar refractivity (Wildman–Crippen MR) is 227 cm³/mol. The number of unbranched alkanes of at least 4 members (excludes halogenated alkanes) is 1. The molecule has 0 aromatic carbocycles. The molecule has 63 heavy (non-hydrogen) atoms. The Morgan fingerprint density at radius 2 is 1.60 bits per heavy atom. The van der Waals surface area contributed by atoms with Crippen molar-refractivity contribution in [1.29, 1.82) is 0 Å². The molecule has 1 unspecified atom stereocenters. The van der Waals surface area contributed by atoms with Crippen molar-refractivity contribution in [3.63, 3.8) is 0 Å². The Kier molecular flexibility index (Phi) is 18.1. The number of hydrogen-bond acceptors (Lipinski definition) is 16. The lowest BCUT2D eigenvalue weighted by atomic mass is 9.70. The zero-order valence-electron chi connectivity index (χ0n) is 38.2. The van der Waals surface area contributed by atoms with Gasteiger partial charge in [0.15, 0.2) is 11.9 Å². The highest BCUT2D eigenvalue weighted by Crippen LogP contribution is 2.50. The lowest BCUT2D eigenvalue weighted by molar-refractivity contribution is -0.347. The third-order valence-corrected chi connectivity index (χ3v) is 12.4. The number of esters is 5. The molecule has 0 spiro atoms. The minimum absolute atomic E-state index is 0.0904. The summed E-state index contributed by atoms with van der Waals surface area (Å²) in [5.74, 6) is -7.74. The lowest BCUT2D eigenvalue weighted by Gasteiger charge is -2.53. The van der Waals surface area contributed by atoms with Gasteiger partial charge in [-0.25, -0.2) is 14.4 Å². The second-order valence-corrected chi connectivity index (χ2v) is 18.1. The summed E-state index contributed by atoms with van der Waals surface area (Å²) in [4.78, 5) is 64.6.